The zero-order chi connectivity index (χ0) is 13.4. The van der Waals surface area contributed by atoms with E-state index >= 15 is 0 Å². The van der Waals surface area contributed by atoms with E-state index in [0.29, 0.717) is 4.57 Å². The molecule has 1 aliphatic rings. The summed E-state index contributed by atoms with van der Waals surface area (Å²) in [5.41, 5.74) is 0.498. The molecule has 8 nitrogen and oxygen atoms in total. The molecule has 9 heteroatoms. The van der Waals surface area contributed by atoms with Crippen molar-refractivity contribution in [2.24, 2.45) is 0 Å². The number of hydrogen-bond donors (Lipinski definition) is 4. The van der Waals surface area contributed by atoms with E-state index in [1.165, 1.54) is 12.4 Å². The normalized spacial score (nSPS) is 31.6. The molecule has 0 unspecified atom stereocenters. The number of aliphatic hydroxyl groups is 2. The fourth-order valence-corrected chi connectivity index (χ4v) is 1.76. The SMILES string of the molecule is C[C@H]1O[C@@H](n2cc(F)c(NO)nc2=O)[C@H](O)[C@@H]1O. The molecule has 0 amide bonds. The Morgan fingerprint density at radius 3 is 2.67 bits per heavy atom. The van der Waals surface area contributed by atoms with Crippen LogP contribution in [0.25, 0.3) is 0 Å². The van der Waals surface area contributed by atoms with Gasteiger partial charge in [-0.05, 0) is 6.92 Å². The second kappa shape index (κ2) is 4.61. The van der Waals surface area contributed by atoms with Crippen molar-refractivity contribution in [1.29, 1.82) is 0 Å². The number of aliphatic hydroxyl groups excluding tert-OH is 2. The van der Waals surface area contributed by atoms with Crippen LogP contribution in [-0.2, 0) is 4.74 Å². The van der Waals surface area contributed by atoms with Crippen molar-refractivity contribution in [1.82, 2.24) is 9.55 Å². The highest BCUT2D eigenvalue weighted by Gasteiger charge is 2.42. The Hall–Kier alpha value is -1.55. The number of halogens is 1. The maximum Gasteiger partial charge on any atom is 0.351 e. The number of nitrogens with zero attached hydrogens (tertiary/aromatic N) is 2. The standard InChI is InChI=1S/C9H12FN3O5/c1-3-5(14)6(15)8(18-3)13-2-4(10)7(12-17)11-9(13)16/h2-3,5-6,8,14-15,17H,1H3,(H,11,12,16)/t3-,5-,6-,8-/m1/s1. The fraction of sp³-hybridized carbons (Fsp3) is 0.556. The van der Waals surface area contributed by atoms with Crippen LogP contribution in [0.3, 0.4) is 0 Å². The number of anilines is 1. The number of rotatable bonds is 2. The molecule has 0 aromatic carbocycles. The van der Waals surface area contributed by atoms with Crippen LogP contribution < -0.4 is 11.2 Å². The van der Waals surface area contributed by atoms with Crippen LogP contribution in [0, 0.1) is 5.82 Å². The number of aromatic nitrogens is 2. The van der Waals surface area contributed by atoms with E-state index in [1.54, 1.807) is 0 Å². The monoisotopic (exact) mass is 261 g/mol. The molecule has 1 fully saturated rings. The third kappa shape index (κ3) is 1.97. The molecule has 1 saturated heterocycles. The van der Waals surface area contributed by atoms with E-state index in [1.807, 2.05) is 0 Å². The van der Waals surface area contributed by atoms with E-state index in [9.17, 15) is 19.4 Å². The minimum absolute atomic E-state index is 0.627. The number of ether oxygens (including phenoxy) is 1. The van der Waals surface area contributed by atoms with Gasteiger partial charge in [-0.15, -0.1) is 0 Å². The molecule has 0 radical (unpaired) electrons. The average Bonchev–Trinajstić information content (AvgIpc) is 2.59. The van der Waals surface area contributed by atoms with Crippen molar-refractivity contribution >= 4 is 5.82 Å². The summed E-state index contributed by atoms with van der Waals surface area (Å²) in [5, 5.41) is 27.7. The van der Waals surface area contributed by atoms with Crippen molar-refractivity contribution in [3.05, 3.63) is 22.5 Å². The van der Waals surface area contributed by atoms with Crippen molar-refractivity contribution in [2.45, 2.75) is 31.5 Å². The Morgan fingerprint density at radius 1 is 1.50 bits per heavy atom. The Morgan fingerprint density at radius 2 is 2.17 bits per heavy atom. The van der Waals surface area contributed by atoms with Crippen LogP contribution in [0.15, 0.2) is 11.0 Å². The number of hydrogen-bond acceptors (Lipinski definition) is 7. The summed E-state index contributed by atoms with van der Waals surface area (Å²) in [6.45, 7) is 1.51. The maximum absolute atomic E-state index is 13.4. The molecular weight excluding hydrogens is 249 g/mol. The lowest BCUT2D eigenvalue weighted by atomic mass is 10.1. The largest absolute Gasteiger partial charge is 0.388 e. The Kier molecular flexibility index (Phi) is 3.30. The smallest absolute Gasteiger partial charge is 0.351 e. The molecule has 0 spiro atoms. The van der Waals surface area contributed by atoms with Crippen LogP contribution in [0.5, 0.6) is 0 Å². The highest BCUT2D eigenvalue weighted by molar-refractivity contribution is 5.30. The molecule has 1 aliphatic heterocycles. The first-order chi connectivity index (χ1) is 8.45. The first-order valence-corrected chi connectivity index (χ1v) is 5.16. The predicted octanol–water partition coefficient (Wildman–Crippen LogP) is -1.18. The van der Waals surface area contributed by atoms with Gasteiger partial charge in [-0.25, -0.2) is 14.7 Å². The van der Waals surface area contributed by atoms with Crippen LogP contribution >= 0.6 is 0 Å². The fourth-order valence-electron chi connectivity index (χ4n) is 1.76. The lowest BCUT2D eigenvalue weighted by Crippen LogP contribution is -2.35. The van der Waals surface area contributed by atoms with E-state index in [0.717, 1.165) is 6.20 Å². The molecule has 1 aromatic rings. The minimum Gasteiger partial charge on any atom is -0.388 e. The van der Waals surface area contributed by atoms with Crippen molar-refractivity contribution in [3.8, 4) is 0 Å². The van der Waals surface area contributed by atoms with Gasteiger partial charge in [0.25, 0.3) is 0 Å². The molecule has 0 saturated carbocycles. The molecule has 18 heavy (non-hydrogen) atoms. The van der Waals surface area contributed by atoms with E-state index in [4.69, 9.17) is 9.94 Å². The second-order valence-corrected chi connectivity index (χ2v) is 3.95. The molecule has 0 bridgehead atoms. The first-order valence-electron chi connectivity index (χ1n) is 5.16. The topological polar surface area (TPSA) is 117 Å². The van der Waals surface area contributed by atoms with Crippen LogP contribution in [0.2, 0.25) is 0 Å². The lowest BCUT2D eigenvalue weighted by molar-refractivity contribution is -0.0355. The highest BCUT2D eigenvalue weighted by Crippen LogP contribution is 2.28. The van der Waals surface area contributed by atoms with E-state index < -0.39 is 41.9 Å². The van der Waals surface area contributed by atoms with Gasteiger partial charge < -0.3 is 14.9 Å². The molecule has 4 N–H and O–H groups in total. The van der Waals surface area contributed by atoms with Gasteiger partial charge in [-0.1, -0.05) is 0 Å². The maximum atomic E-state index is 13.4. The summed E-state index contributed by atoms with van der Waals surface area (Å²) in [7, 11) is 0. The highest BCUT2D eigenvalue weighted by atomic mass is 19.1. The van der Waals surface area contributed by atoms with Gasteiger partial charge in [0.2, 0.25) is 0 Å². The summed E-state index contributed by atoms with van der Waals surface area (Å²) in [6.07, 6.45) is -3.74. The molecule has 2 rings (SSSR count). The first kappa shape index (κ1) is 12.9. The summed E-state index contributed by atoms with van der Waals surface area (Å²) < 4.78 is 19.2. The van der Waals surface area contributed by atoms with Gasteiger partial charge in [0, 0.05) is 0 Å². The van der Waals surface area contributed by atoms with Crippen molar-refractivity contribution in [3.63, 3.8) is 0 Å². The average molecular weight is 261 g/mol. The third-order valence-electron chi connectivity index (χ3n) is 2.76. The van der Waals surface area contributed by atoms with Gasteiger partial charge in [0.05, 0.1) is 12.3 Å². The van der Waals surface area contributed by atoms with Crippen molar-refractivity contribution in [2.75, 3.05) is 5.48 Å². The second-order valence-electron chi connectivity index (χ2n) is 3.95. The van der Waals surface area contributed by atoms with Gasteiger partial charge in [0.1, 0.15) is 12.2 Å². The Labute approximate surface area is 100 Å². The molecule has 0 aliphatic carbocycles. The third-order valence-corrected chi connectivity index (χ3v) is 2.76. The molecular formula is C9H12FN3O5. The molecule has 100 valence electrons. The Bertz CT molecular complexity index is 507. The van der Waals surface area contributed by atoms with Gasteiger partial charge in [-0.3, -0.25) is 9.77 Å². The van der Waals surface area contributed by atoms with Crippen LogP contribution in [0.4, 0.5) is 10.2 Å². The van der Waals surface area contributed by atoms with Crippen LogP contribution in [0.1, 0.15) is 13.2 Å². The number of nitrogens with one attached hydrogen (secondary N) is 1. The van der Waals surface area contributed by atoms with Gasteiger partial charge in [0.15, 0.2) is 17.9 Å². The zero-order valence-corrected chi connectivity index (χ0v) is 9.32. The molecule has 1 aromatic heterocycles. The van der Waals surface area contributed by atoms with E-state index in [2.05, 4.69) is 4.98 Å². The quantitative estimate of drug-likeness (QED) is 0.495. The van der Waals surface area contributed by atoms with E-state index in [-0.39, 0.29) is 0 Å². The Balaban J connectivity index is 2.41. The summed E-state index contributed by atoms with van der Waals surface area (Å²) >= 11 is 0. The molecule has 4 atom stereocenters. The minimum atomic E-state index is -1.37. The van der Waals surface area contributed by atoms with Gasteiger partial charge in [-0.2, -0.15) is 4.98 Å². The summed E-state index contributed by atoms with van der Waals surface area (Å²) in [5.74, 6) is -1.63. The summed E-state index contributed by atoms with van der Waals surface area (Å²) in [6, 6.07) is 0. The van der Waals surface area contributed by atoms with Crippen molar-refractivity contribution < 1.29 is 24.5 Å². The summed E-state index contributed by atoms with van der Waals surface area (Å²) in [4.78, 5) is 14.8. The van der Waals surface area contributed by atoms with Gasteiger partial charge >= 0.3 is 5.69 Å². The molecule has 2 heterocycles. The predicted molar refractivity (Wildman–Crippen MR) is 55.5 cm³/mol. The van der Waals surface area contributed by atoms with Crippen LogP contribution in [-0.4, -0.2) is 43.3 Å². The zero-order valence-electron chi connectivity index (χ0n) is 9.32. The lowest BCUT2D eigenvalue weighted by Gasteiger charge is -2.17.